The second kappa shape index (κ2) is 24.2. The number of nitrogens with two attached hydrogens (primary N) is 1. The molecule has 1 spiro atoms. The minimum Gasteiger partial charge on any atom is -0.487 e. The Morgan fingerprint density at radius 3 is 1.71 bits per heavy atom. The van der Waals surface area contributed by atoms with Gasteiger partial charge in [0.1, 0.15) is 40.0 Å². The molecule has 3 fully saturated rings. The van der Waals surface area contributed by atoms with Crippen molar-refractivity contribution in [2.45, 2.75) is 177 Å². The molecule has 3 aromatic carbocycles. The zero-order chi connectivity index (χ0) is 48.2. The number of alkyl carbamates (subject to hydrolysis) is 2. The van der Waals surface area contributed by atoms with E-state index >= 15 is 0 Å². The highest BCUT2D eigenvalue weighted by atomic mass is 79.9. The molecule has 5 N–H and O–H groups in total. The van der Waals surface area contributed by atoms with Gasteiger partial charge in [0, 0.05) is 64.2 Å². The van der Waals surface area contributed by atoms with E-state index in [-0.39, 0.29) is 47.6 Å². The third kappa shape index (κ3) is 19.1. The Labute approximate surface area is 406 Å². The van der Waals surface area contributed by atoms with Gasteiger partial charge in [-0.25, -0.2) is 18.4 Å². The van der Waals surface area contributed by atoms with Crippen LogP contribution in [0, 0.1) is 11.6 Å². The van der Waals surface area contributed by atoms with Crippen molar-refractivity contribution in [1.29, 1.82) is 0 Å². The molecule has 65 heavy (non-hydrogen) atoms. The fourth-order valence-electron chi connectivity index (χ4n) is 8.04. The van der Waals surface area contributed by atoms with E-state index in [0.717, 1.165) is 55.7 Å². The van der Waals surface area contributed by atoms with Crippen LogP contribution in [0.4, 0.5) is 18.4 Å². The predicted octanol–water partition coefficient (Wildman–Crippen LogP) is 12.5. The molecule has 0 unspecified atom stereocenters. The third-order valence-electron chi connectivity index (χ3n) is 11.4. The lowest BCUT2D eigenvalue weighted by atomic mass is 9.78. The van der Waals surface area contributed by atoms with Crippen molar-refractivity contribution < 1.29 is 42.5 Å². The van der Waals surface area contributed by atoms with Crippen LogP contribution < -0.4 is 21.1 Å². The van der Waals surface area contributed by atoms with Crippen LogP contribution in [-0.4, -0.2) is 63.6 Å². The van der Waals surface area contributed by atoms with Gasteiger partial charge < -0.3 is 35.7 Å². The molecular formula is C49H65BrCl3F2N3O7. The average Bonchev–Trinajstić information content (AvgIpc) is 3.56. The molecule has 0 saturated heterocycles. The molecule has 0 bridgehead atoms. The van der Waals surface area contributed by atoms with Crippen molar-refractivity contribution in [3.63, 3.8) is 0 Å². The van der Waals surface area contributed by atoms with Crippen molar-refractivity contribution in [2.24, 2.45) is 5.73 Å². The number of fused-ring (bicyclic) bond motifs is 1. The van der Waals surface area contributed by atoms with Gasteiger partial charge in [-0.05, 0) is 177 Å². The molecule has 0 atom stereocenters. The number of ether oxygens (including phenoxy) is 3. The first kappa shape index (κ1) is 54.4. The van der Waals surface area contributed by atoms with E-state index in [1.165, 1.54) is 29.8 Å². The number of hydrogen-bond donors (Lipinski definition) is 4. The Bertz CT molecular complexity index is 2060. The predicted molar refractivity (Wildman–Crippen MR) is 257 cm³/mol. The van der Waals surface area contributed by atoms with Crippen LogP contribution in [0.2, 0.25) is 15.1 Å². The highest BCUT2D eigenvalue weighted by Gasteiger charge is 2.42. The van der Waals surface area contributed by atoms with Crippen molar-refractivity contribution in [2.75, 3.05) is 0 Å². The Balaban J connectivity index is 0.000000198. The summed E-state index contributed by atoms with van der Waals surface area (Å²) in [7, 11) is 0. The Morgan fingerprint density at radius 1 is 0.754 bits per heavy atom. The molecule has 0 radical (unpaired) electrons. The molecule has 3 saturated carbocycles. The molecular weight excluding hydrogens is 967 g/mol. The summed E-state index contributed by atoms with van der Waals surface area (Å²) >= 11 is 20.7. The van der Waals surface area contributed by atoms with E-state index in [4.69, 9.17) is 54.7 Å². The van der Waals surface area contributed by atoms with Gasteiger partial charge in [0.05, 0.1) is 5.60 Å². The van der Waals surface area contributed by atoms with Crippen LogP contribution in [0.5, 0.6) is 5.75 Å². The number of alkyl halides is 1. The van der Waals surface area contributed by atoms with Gasteiger partial charge in [-0.15, -0.1) is 0 Å². The monoisotopic (exact) mass is 1030 g/mol. The second-order valence-corrected chi connectivity index (χ2v) is 21.3. The number of ketones is 1. The molecule has 4 aliphatic rings. The lowest BCUT2D eigenvalue weighted by molar-refractivity contribution is -0.120. The van der Waals surface area contributed by atoms with Crippen molar-refractivity contribution in [3.05, 3.63) is 98.0 Å². The Morgan fingerprint density at radius 2 is 1.22 bits per heavy atom. The molecule has 3 aromatic rings. The molecule has 360 valence electrons. The number of carbonyl (C=O) groups excluding carboxylic acids is 3. The van der Waals surface area contributed by atoms with Crippen molar-refractivity contribution >= 4 is 68.7 Å². The SMILES string of the molecule is CC(C)(C)OC(=O)NC1CCC(=O)CC1.CC(C)(C)OC(=O)NC1CCC(O)(Cc2cc(Cl)ccc2F)CC1.Fc1ccc(Cl)cc1CBr.NC1CCC2(CC1)Cc1cc(Cl)ccc1O2. The number of rotatable bonds is 5. The van der Waals surface area contributed by atoms with Gasteiger partial charge in [0.25, 0.3) is 0 Å². The molecule has 1 aliphatic heterocycles. The zero-order valence-corrected chi connectivity index (χ0v) is 42.1. The van der Waals surface area contributed by atoms with Gasteiger partial charge in [-0.1, -0.05) is 50.7 Å². The third-order valence-corrected chi connectivity index (χ3v) is 12.7. The fourth-order valence-corrected chi connectivity index (χ4v) is 9.05. The molecule has 10 nitrogen and oxygen atoms in total. The first-order valence-corrected chi connectivity index (χ1v) is 24.5. The standard InChI is InChI=1S/C18H25ClFNO3.C13H16ClNO.C11H19NO3.C7H5BrClF/c1-17(2,3)24-16(22)21-14-6-8-18(23,9-7-14)11-12-10-13(19)4-5-15(12)20;14-10-1-2-12-9(7-10)8-13(16-12)5-3-11(15)4-6-13;1-11(2,3)15-10(14)12-8-4-6-9(13)7-5-8;8-4-5-3-6(9)1-2-7(5)10/h4-5,10,14,23H,6-9,11H2,1-3H3,(H,21,22);1-2,7,11H,3-6,8,15H2;8H,4-7H2,1-3H3,(H,12,14);1-3H,4H2. The lowest BCUT2D eigenvalue weighted by Gasteiger charge is -2.36. The number of Topliss-reactive ketones (excluding diaryl/α,β-unsaturated/α-hetero) is 1. The summed E-state index contributed by atoms with van der Waals surface area (Å²) in [5, 5.41) is 18.7. The van der Waals surface area contributed by atoms with Crippen LogP contribution in [0.3, 0.4) is 0 Å². The molecule has 1 heterocycles. The first-order chi connectivity index (χ1) is 30.3. The van der Waals surface area contributed by atoms with Crippen LogP contribution >= 0.6 is 50.7 Å². The normalized spacial score (nSPS) is 22.9. The summed E-state index contributed by atoms with van der Waals surface area (Å²) < 4.78 is 43.0. The number of halogens is 6. The van der Waals surface area contributed by atoms with Gasteiger partial charge in [-0.2, -0.15) is 0 Å². The van der Waals surface area contributed by atoms with E-state index in [0.29, 0.717) is 71.1 Å². The molecule has 2 amide bonds. The first-order valence-electron chi connectivity index (χ1n) is 22.2. The topological polar surface area (TPSA) is 149 Å². The number of benzene rings is 3. The van der Waals surface area contributed by atoms with E-state index in [1.54, 1.807) is 12.1 Å². The van der Waals surface area contributed by atoms with E-state index in [9.17, 15) is 28.3 Å². The molecule has 16 heteroatoms. The zero-order valence-electron chi connectivity index (χ0n) is 38.3. The fraction of sp³-hybridized carbons (Fsp3) is 0.571. The van der Waals surface area contributed by atoms with E-state index < -0.39 is 22.9 Å². The lowest BCUT2D eigenvalue weighted by Crippen LogP contribution is -2.45. The number of amides is 2. The van der Waals surface area contributed by atoms with Gasteiger partial charge in [0.2, 0.25) is 0 Å². The van der Waals surface area contributed by atoms with Crippen LogP contribution in [0.1, 0.15) is 135 Å². The minimum atomic E-state index is -0.975. The van der Waals surface area contributed by atoms with E-state index in [2.05, 4.69) is 26.6 Å². The summed E-state index contributed by atoms with van der Waals surface area (Å²) in [6, 6.07) is 15.2. The van der Waals surface area contributed by atoms with E-state index in [1.807, 2.05) is 59.7 Å². The van der Waals surface area contributed by atoms with Gasteiger partial charge in [0.15, 0.2) is 0 Å². The number of nitrogens with one attached hydrogen (secondary N) is 2. The maximum Gasteiger partial charge on any atom is 0.407 e. The van der Waals surface area contributed by atoms with Crippen molar-refractivity contribution in [1.82, 2.24) is 10.6 Å². The average molecular weight is 1030 g/mol. The quantitative estimate of drug-likeness (QED) is 0.185. The summed E-state index contributed by atoms with van der Waals surface area (Å²) in [6.07, 6.45) is 9.49. The number of carbonyl (C=O) groups is 3. The molecule has 3 aliphatic carbocycles. The summed E-state index contributed by atoms with van der Waals surface area (Å²) in [6.45, 7) is 10.9. The summed E-state index contributed by atoms with van der Waals surface area (Å²) in [5.74, 6) is 0.722. The summed E-state index contributed by atoms with van der Waals surface area (Å²) in [4.78, 5) is 34.2. The second-order valence-electron chi connectivity index (χ2n) is 19.4. The molecule has 0 aromatic heterocycles. The van der Waals surface area contributed by atoms with Crippen LogP contribution in [0.15, 0.2) is 54.6 Å². The highest BCUT2D eigenvalue weighted by Crippen LogP contribution is 2.44. The summed E-state index contributed by atoms with van der Waals surface area (Å²) in [5.41, 5.74) is 6.24. The smallest absolute Gasteiger partial charge is 0.407 e. The Hall–Kier alpha value is -3.20. The maximum absolute atomic E-state index is 13.9. The van der Waals surface area contributed by atoms with Crippen LogP contribution in [0.25, 0.3) is 0 Å². The van der Waals surface area contributed by atoms with Gasteiger partial charge >= 0.3 is 12.2 Å². The Kier molecular flexibility index (Phi) is 20.2. The maximum atomic E-state index is 13.9. The largest absolute Gasteiger partial charge is 0.487 e. The van der Waals surface area contributed by atoms with Crippen molar-refractivity contribution in [3.8, 4) is 5.75 Å². The molecule has 7 rings (SSSR count). The minimum absolute atomic E-state index is 0.0168. The van der Waals surface area contributed by atoms with Gasteiger partial charge in [-0.3, -0.25) is 4.79 Å². The number of hydrogen-bond acceptors (Lipinski definition) is 8. The highest BCUT2D eigenvalue weighted by molar-refractivity contribution is 9.08. The number of aliphatic hydroxyl groups is 1. The van der Waals surface area contributed by atoms with Crippen LogP contribution in [-0.2, 0) is 32.4 Å².